The number of nitrogens with zero attached hydrogens (tertiary/aromatic N) is 2. The summed E-state index contributed by atoms with van der Waals surface area (Å²) in [5.41, 5.74) is 0. The zero-order valence-electron chi connectivity index (χ0n) is 7.90. The van der Waals surface area contributed by atoms with Gasteiger partial charge in [0.2, 0.25) is 0 Å². The fourth-order valence-electron chi connectivity index (χ4n) is 1.15. The third kappa shape index (κ3) is 2.10. The van der Waals surface area contributed by atoms with Gasteiger partial charge in [-0.1, -0.05) is 0 Å². The third-order valence-corrected chi connectivity index (χ3v) is 1.80. The highest BCUT2D eigenvalue weighted by Gasteiger charge is 1.97. The van der Waals surface area contributed by atoms with Crippen molar-refractivity contribution < 1.29 is 4.42 Å². The number of rotatable bonds is 3. The molecule has 1 N–H and O–H groups in total. The van der Waals surface area contributed by atoms with Crippen LogP contribution in [0.15, 0.2) is 35.1 Å². The molecule has 14 heavy (non-hydrogen) atoms. The van der Waals surface area contributed by atoms with Crippen LogP contribution < -0.4 is 5.32 Å². The fraction of sp³-hybridized carbons (Fsp3) is 0.200. The lowest BCUT2D eigenvalue weighted by molar-refractivity contribution is 0.518. The smallest absolute Gasteiger partial charge is 0.130 e. The average molecular weight is 189 g/mol. The van der Waals surface area contributed by atoms with Crippen molar-refractivity contribution in [3.05, 3.63) is 42.2 Å². The first-order valence-corrected chi connectivity index (χ1v) is 4.40. The maximum absolute atomic E-state index is 5.18. The number of furan rings is 1. The molecule has 0 bridgehead atoms. The van der Waals surface area contributed by atoms with E-state index < -0.39 is 0 Å². The molecule has 2 aromatic heterocycles. The Kier molecular flexibility index (Phi) is 2.44. The van der Waals surface area contributed by atoms with Gasteiger partial charge in [-0.3, -0.25) is 0 Å². The van der Waals surface area contributed by atoms with Gasteiger partial charge >= 0.3 is 0 Å². The monoisotopic (exact) mass is 189 g/mol. The van der Waals surface area contributed by atoms with E-state index in [-0.39, 0.29) is 0 Å². The van der Waals surface area contributed by atoms with Gasteiger partial charge in [-0.25, -0.2) is 9.97 Å². The van der Waals surface area contributed by atoms with Gasteiger partial charge in [0.05, 0.1) is 12.8 Å². The molecule has 72 valence electrons. The van der Waals surface area contributed by atoms with Crippen LogP contribution in [0.2, 0.25) is 0 Å². The second kappa shape index (κ2) is 3.91. The van der Waals surface area contributed by atoms with Crippen LogP contribution >= 0.6 is 0 Å². The minimum atomic E-state index is 0.642. The van der Waals surface area contributed by atoms with E-state index in [1.807, 2.05) is 25.1 Å². The molecule has 0 saturated carbocycles. The van der Waals surface area contributed by atoms with Gasteiger partial charge in [-0.05, 0) is 25.1 Å². The molecule has 0 unspecified atom stereocenters. The molecule has 0 aliphatic carbocycles. The maximum Gasteiger partial charge on any atom is 0.130 e. The molecule has 0 fully saturated rings. The summed E-state index contributed by atoms with van der Waals surface area (Å²) in [6.07, 6.45) is 3.38. The van der Waals surface area contributed by atoms with E-state index in [9.17, 15) is 0 Å². The van der Waals surface area contributed by atoms with Crippen molar-refractivity contribution in [3.63, 3.8) is 0 Å². The molecule has 0 aromatic carbocycles. The number of anilines is 1. The lowest BCUT2D eigenvalue weighted by Crippen LogP contribution is -2.01. The lowest BCUT2D eigenvalue weighted by Gasteiger charge is -2.02. The van der Waals surface area contributed by atoms with E-state index in [4.69, 9.17) is 4.42 Å². The molecular weight excluding hydrogens is 178 g/mol. The molecule has 0 atom stereocenters. The van der Waals surface area contributed by atoms with Crippen LogP contribution in [0.1, 0.15) is 11.6 Å². The summed E-state index contributed by atoms with van der Waals surface area (Å²) in [7, 11) is 0. The molecule has 2 heterocycles. The summed E-state index contributed by atoms with van der Waals surface area (Å²) in [4.78, 5) is 8.22. The van der Waals surface area contributed by atoms with E-state index in [1.165, 1.54) is 0 Å². The van der Waals surface area contributed by atoms with E-state index >= 15 is 0 Å². The molecule has 0 radical (unpaired) electrons. The normalized spacial score (nSPS) is 10.1. The van der Waals surface area contributed by atoms with Gasteiger partial charge < -0.3 is 9.73 Å². The van der Waals surface area contributed by atoms with Crippen LogP contribution in [0.3, 0.4) is 0 Å². The zero-order valence-corrected chi connectivity index (χ0v) is 7.90. The topological polar surface area (TPSA) is 51.0 Å². The number of aryl methyl sites for hydroxylation is 1. The van der Waals surface area contributed by atoms with Crippen molar-refractivity contribution >= 4 is 5.82 Å². The standard InChI is InChI=1S/C10H11N3O/c1-8-11-5-4-10(13-8)12-7-9-3-2-6-14-9/h2-6H,7H2,1H3,(H,11,12,13). The minimum Gasteiger partial charge on any atom is -0.467 e. The molecule has 0 aliphatic heterocycles. The molecule has 2 aromatic rings. The van der Waals surface area contributed by atoms with Gasteiger partial charge in [0.15, 0.2) is 0 Å². The van der Waals surface area contributed by atoms with Crippen molar-refractivity contribution in [3.8, 4) is 0 Å². The summed E-state index contributed by atoms with van der Waals surface area (Å²) in [5.74, 6) is 2.46. The Hall–Kier alpha value is -1.84. The minimum absolute atomic E-state index is 0.642. The highest BCUT2D eigenvalue weighted by molar-refractivity contribution is 5.33. The van der Waals surface area contributed by atoms with Crippen LogP contribution in [-0.2, 0) is 6.54 Å². The fourth-order valence-corrected chi connectivity index (χ4v) is 1.15. The molecule has 0 saturated heterocycles. The van der Waals surface area contributed by atoms with Gasteiger partial charge in [0.25, 0.3) is 0 Å². The molecule has 4 nitrogen and oxygen atoms in total. The van der Waals surface area contributed by atoms with Crippen molar-refractivity contribution in [2.24, 2.45) is 0 Å². The molecule has 2 rings (SSSR count). The first kappa shape index (κ1) is 8.74. The van der Waals surface area contributed by atoms with Gasteiger partial charge in [0, 0.05) is 6.20 Å². The average Bonchev–Trinajstić information content (AvgIpc) is 2.67. The van der Waals surface area contributed by atoms with Crippen molar-refractivity contribution in [2.75, 3.05) is 5.32 Å². The van der Waals surface area contributed by atoms with E-state index in [0.717, 1.165) is 17.4 Å². The van der Waals surface area contributed by atoms with E-state index in [1.54, 1.807) is 12.5 Å². The predicted molar refractivity (Wildman–Crippen MR) is 52.8 cm³/mol. The number of hydrogen-bond donors (Lipinski definition) is 1. The summed E-state index contributed by atoms with van der Waals surface area (Å²) >= 11 is 0. The predicted octanol–water partition coefficient (Wildman–Crippen LogP) is 1.99. The van der Waals surface area contributed by atoms with Crippen molar-refractivity contribution in [1.29, 1.82) is 0 Å². The van der Waals surface area contributed by atoms with Gasteiger partial charge in [-0.2, -0.15) is 0 Å². The van der Waals surface area contributed by atoms with Crippen LogP contribution in [0.4, 0.5) is 5.82 Å². The molecular formula is C10H11N3O. The first-order valence-electron chi connectivity index (χ1n) is 4.40. The Labute approximate surface area is 82.0 Å². The lowest BCUT2D eigenvalue weighted by atomic mass is 10.4. The highest BCUT2D eigenvalue weighted by Crippen LogP contribution is 2.05. The third-order valence-electron chi connectivity index (χ3n) is 1.80. The van der Waals surface area contributed by atoms with Crippen molar-refractivity contribution in [2.45, 2.75) is 13.5 Å². The summed E-state index contributed by atoms with van der Waals surface area (Å²) in [5, 5.41) is 3.14. The van der Waals surface area contributed by atoms with Gasteiger partial charge in [0.1, 0.15) is 17.4 Å². The number of nitrogens with one attached hydrogen (secondary N) is 1. The maximum atomic E-state index is 5.18. The largest absolute Gasteiger partial charge is 0.467 e. The second-order valence-electron chi connectivity index (χ2n) is 2.92. The number of hydrogen-bond acceptors (Lipinski definition) is 4. The second-order valence-corrected chi connectivity index (χ2v) is 2.92. The Morgan fingerprint density at radius 1 is 1.43 bits per heavy atom. The quantitative estimate of drug-likeness (QED) is 0.802. The summed E-state index contributed by atoms with van der Waals surface area (Å²) in [6.45, 7) is 2.50. The molecule has 0 spiro atoms. The van der Waals surface area contributed by atoms with Crippen molar-refractivity contribution in [1.82, 2.24) is 9.97 Å². The summed E-state index contributed by atoms with van der Waals surface area (Å²) in [6, 6.07) is 5.61. The summed E-state index contributed by atoms with van der Waals surface area (Å²) < 4.78 is 5.18. The zero-order chi connectivity index (χ0) is 9.80. The van der Waals surface area contributed by atoms with Gasteiger partial charge in [-0.15, -0.1) is 0 Å². The molecule has 4 heteroatoms. The Morgan fingerprint density at radius 3 is 3.07 bits per heavy atom. The number of aromatic nitrogens is 2. The Balaban J connectivity index is 1.98. The van der Waals surface area contributed by atoms with Crippen LogP contribution in [-0.4, -0.2) is 9.97 Å². The Morgan fingerprint density at radius 2 is 2.36 bits per heavy atom. The van der Waals surface area contributed by atoms with E-state index in [2.05, 4.69) is 15.3 Å². The molecule has 0 amide bonds. The van der Waals surface area contributed by atoms with E-state index in [0.29, 0.717) is 6.54 Å². The molecule has 0 aliphatic rings. The Bertz CT molecular complexity index is 398. The van der Waals surface area contributed by atoms with Crippen LogP contribution in [0.25, 0.3) is 0 Å². The van der Waals surface area contributed by atoms with Crippen LogP contribution in [0.5, 0.6) is 0 Å². The SMILES string of the molecule is Cc1nccc(NCc2ccco2)n1. The first-order chi connectivity index (χ1) is 6.84. The highest BCUT2D eigenvalue weighted by atomic mass is 16.3. The van der Waals surface area contributed by atoms with Crippen LogP contribution in [0, 0.1) is 6.92 Å².